The Hall–Kier alpha value is -0.870. The number of aliphatic hydroxyl groups excluding tert-OH is 1. The van der Waals surface area contributed by atoms with Crippen LogP contribution in [0.3, 0.4) is 0 Å². The van der Waals surface area contributed by atoms with Gasteiger partial charge in [0.1, 0.15) is 11.0 Å². The van der Waals surface area contributed by atoms with Gasteiger partial charge in [-0.3, -0.25) is 4.98 Å². The lowest BCUT2D eigenvalue weighted by molar-refractivity contribution is 0.208. The molecule has 1 fully saturated rings. The van der Waals surface area contributed by atoms with E-state index in [2.05, 4.69) is 14.9 Å². The van der Waals surface area contributed by atoms with Gasteiger partial charge in [0.15, 0.2) is 0 Å². The smallest absolute Gasteiger partial charge is 0.149 e. The number of hydrogen-bond donors (Lipinski definition) is 1. The maximum absolute atomic E-state index is 9.12. The fourth-order valence-corrected chi connectivity index (χ4v) is 2.05. The van der Waals surface area contributed by atoms with E-state index in [1.165, 1.54) is 6.20 Å². The van der Waals surface area contributed by atoms with Crippen LogP contribution in [0.1, 0.15) is 12.8 Å². The van der Waals surface area contributed by atoms with Crippen LogP contribution < -0.4 is 4.90 Å². The second-order valence-corrected chi connectivity index (χ2v) is 4.22. The van der Waals surface area contributed by atoms with Gasteiger partial charge in [-0.1, -0.05) is 11.6 Å². The van der Waals surface area contributed by atoms with Crippen molar-refractivity contribution in [3.63, 3.8) is 0 Å². The molecule has 1 N–H and O–H groups in total. The maximum atomic E-state index is 9.12. The standard InChI is InChI=1S/C10H14ClN3O/c11-9-4-12-5-10(13-9)14-3-1-2-8(6-14)7-15/h4-5,8,15H,1-3,6-7H2/t8-/m0/s1. The quantitative estimate of drug-likeness (QED) is 0.829. The molecular formula is C10H14ClN3O. The molecule has 1 aromatic heterocycles. The molecule has 0 aliphatic carbocycles. The van der Waals surface area contributed by atoms with Gasteiger partial charge in [0.2, 0.25) is 0 Å². The molecule has 1 atom stereocenters. The molecule has 0 bridgehead atoms. The molecule has 0 saturated carbocycles. The minimum atomic E-state index is 0.241. The number of nitrogens with zero attached hydrogens (tertiary/aromatic N) is 3. The summed E-state index contributed by atoms with van der Waals surface area (Å²) in [4.78, 5) is 10.4. The van der Waals surface area contributed by atoms with Gasteiger partial charge in [-0.05, 0) is 18.8 Å². The molecule has 1 saturated heterocycles. The van der Waals surface area contributed by atoms with Crippen molar-refractivity contribution < 1.29 is 5.11 Å². The highest BCUT2D eigenvalue weighted by molar-refractivity contribution is 6.29. The SMILES string of the molecule is OC[C@H]1CCCN(c2cncc(Cl)n2)C1. The van der Waals surface area contributed by atoms with Crippen LogP contribution >= 0.6 is 11.6 Å². The number of anilines is 1. The third kappa shape index (κ3) is 2.58. The van der Waals surface area contributed by atoms with E-state index >= 15 is 0 Å². The number of aromatic nitrogens is 2. The number of hydrogen-bond acceptors (Lipinski definition) is 4. The minimum absolute atomic E-state index is 0.241. The number of rotatable bonds is 2. The normalized spacial score (nSPS) is 21.7. The van der Waals surface area contributed by atoms with Crippen molar-refractivity contribution in [1.82, 2.24) is 9.97 Å². The van der Waals surface area contributed by atoms with Crippen molar-refractivity contribution in [3.05, 3.63) is 17.5 Å². The van der Waals surface area contributed by atoms with Gasteiger partial charge in [-0.25, -0.2) is 4.98 Å². The fourth-order valence-electron chi connectivity index (χ4n) is 1.91. The summed E-state index contributed by atoms with van der Waals surface area (Å²) in [5.74, 6) is 1.15. The molecule has 1 aromatic rings. The van der Waals surface area contributed by atoms with Crippen LogP contribution in [0.2, 0.25) is 5.15 Å². The van der Waals surface area contributed by atoms with Crippen LogP contribution in [0.4, 0.5) is 5.82 Å². The van der Waals surface area contributed by atoms with E-state index in [0.29, 0.717) is 11.1 Å². The van der Waals surface area contributed by atoms with Crippen LogP contribution in [0.25, 0.3) is 0 Å². The lowest BCUT2D eigenvalue weighted by atomic mass is 9.99. The number of aliphatic hydroxyl groups is 1. The second kappa shape index (κ2) is 4.77. The first-order chi connectivity index (χ1) is 7.29. The molecule has 5 heteroatoms. The van der Waals surface area contributed by atoms with E-state index in [1.807, 2.05) is 0 Å². The van der Waals surface area contributed by atoms with Gasteiger partial charge in [0.25, 0.3) is 0 Å². The van der Waals surface area contributed by atoms with Crippen molar-refractivity contribution in [2.75, 3.05) is 24.6 Å². The molecule has 0 unspecified atom stereocenters. The monoisotopic (exact) mass is 227 g/mol. The molecule has 1 aliphatic rings. The summed E-state index contributed by atoms with van der Waals surface area (Å²) in [7, 11) is 0. The van der Waals surface area contributed by atoms with Gasteiger partial charge < -0.3 is 10.0 Å². The third-order valence-electron chi connectivity index (χ3n) is 2.69. The summed E-state index contributed by atoms with van der Waals surface area (Å²) in [5, 5.41) is 9.54. The highest BCUT2D eigenvalue weighted by Gasteiger charge is 2.20. The zero-order valence-electron chi connectivity index (χ0n) is 8.43. The highest BCUT2D eigenvalue weighted by atomic mass is 35.5. The molecule has 15 heavy (non-hydrogen) atoms. The molecule has 0 radical (unpaired) electrons. The molecule has 0 aromatic carbocycles. The minimum Gasteiger partial charge on any atom is -0.396 e. The zero-order valence-corrected chi connectivity index (χ0v) is 9.19. The Bertz CT molecular complexity index is 334. The zero-order chi connectivity index (χ0) is 10.7. The summed E-state index contributed by atoms with van der Waals surface area (Å²) < 4.78 is 0. The van der Waals surface area contributed by atoms with Gasteiger partial charge in [-0.15, -0.1) is 0 Å². The Morgan fingerprint density at radius 3 is 3.13 bits per heavy atom. The van der Waals surface area contributed by atoms with Gasteiger partial charge in [0.05, 0.1) is 12.4 Å². The molecule has 1 aliphatic heterocycles. The molecule has 0 amide bonds. The second-order valence-electron chi connectivity index (χ2n) is 3.84. The van der Waals surface area contributed by atoms with E-state index in [-0.39, 0.29) is 6.61 Å². The fraction of sp³-hybridized carbons (Fsp3) is 0.600. The predicted octanol–water partition coefficient (Wildman–Crippen LogP) is 1.34. The largest absolute Gasteiger partial charge is 0.396 e. The first-order valence-corrected chi connectivity index (χ1v) is 5.50. The maximum Gasteiger partial charge on any atom is 0.149 e. The van der Waals surface area contributed by atoms with E-state index in [1.54, 1.807) is 6.20 Å². The van der Waals surface area contributed by atoms with Crippen LogP contribution in [0.5, 0.6) is 0 Å². The van der Waals surface area contributed by atoms with Gasteiger partial charge in [-0.2, -0.15) is 0 Å². The average molecular weight is 228 g/mol. The first-order valence-electron chi connectivity index (χ1n) is 5.13. The summed E-state index contributed by atoms with van der Waals surface area (Å²) >= 11 is 5.78. The van der Waals surface area contributed by atoms with Crippen molar-refractivity contribution in [2.24, 2.45) is 5.92 Å². The van der Waals surface area contributed by atoms with Gasteiger partial charge in [0, 0.05) is 19.7 Å². The molecule has 4 nitrogen and oxygen atoms in total. The van der Waals surface area contributed by atoms with Gasteiger partial charge >= 0.3 is 0 Å². The van der Waals surface area contributed by atoms with Crippen molar-refractivity contribution in [2.45, 2.75) is 12.8 Å². The molecule has 2 heterocycles. The summed E-state index contributed by atoms with van der Waals surface area (Å²) in [6.45, 7) is 2.04. The number of halogens is 1. The number of piperidine rings is 1. The van der Waals surface area contributed by atoms with E-state index in [0.717, 1.165) is 31.7 Å². The Morgan fingerprint density at radius 2 is 2.40 bits per heavy atom. The Kier molecular flexibility index (Phi) is 3.38. The van der Waals surface area contributed by atoms with Crippen molar-refractivity contribution >= 4 is 17.4 Å². The van der Waals surface area contributed by atoms with Crippen LogP contribution in [0.15, 0.2) is 12.4 Å². The summed E-state index contributed by atoms with van der Waals surface area (Å²) in [5.41, 5.74) is 0. The first kappa shape index (κ1) is 10.6. The highest BCUT2D eigenvalue weighted by Crippen LogP contribution is 2.21. The summed E-state index contributed by atoms with van der Waals surface area (Å²) in [6, 6.07) is 0. The van der Waals surface area contributed by atoms with Crippen LogP contribution in [-0.2, 0) is 0 Å². The molecular weight excluding hydrogens is 214 g/mol. The molecule has 0 spiro atoms. The van der Waals surface area contributed by atoms with E-state index < -0.39 is 0 Å². The van der Waals surface area contributed by atoms with Crippen LogP contribution in [-0.4, -0.2) is 34.8 Å². The molecule has 2 rings (SSSR count). The third-order valence-corrected chi connectivity index (χ3v) is 2.88. The van der Waals surface area contributed by atoms with Crippen molar-refractivity contribution in [1.29, 1.82) is 0 Å². The summed E-state index contributed by atoms with van der Waals surface area (Å²) in [6.07, 6.45) is 5.41. The van der Waals surface area contributed by atoms with E-state index in [4.69, 9.17) is 16.7 Å². The predicted molar refractivity (Wildman–Crippen MR) is 59.1 cm³/mol. The van der Waals surface area contributed by atoms with Crippen LogP contribution in [0, 0.1) is 5.92 Å². The Labute approximate surface area is 93.9 Å². The lowest BCUT2D eigenvalue weighted by Crippen LogP contribution is -2.37. The molecule has 82 valence electrons. The Balaban J connectivity index is 2.09. The lowest BCUT2D eigenvalue weighted by Gasteiger charge is -2.32. The average Bonchev–Trinajstić information content (AvgIpc) is 2.29. The van der Waals surface area contributed by atoms with Crippen molar-refractivity contribution in [3.8, 4) is 0 Å². The Morgan fingerprint density at radius 1 is 1.53 bits per heavy atom. The van der Waals surface area contributed by atoms with E-state index in [9.17, 15) is 0 Å². The topological polar surface area (TPSA) is 49.2 Å².